The molecule has 8 aromatic rings. The summed E-state index contributed by atoms with van der Waals surface area (Å²) in [6.45, 7) is 7.87. The van der Waals surface area contributed by atoms with Crippen LogP contribution in [0.15, 0.2) is 143 Å². The number of halogens is 3. The van der Waals surface area contributed by atoms with E-state index in [1.165, 1.54) is 4.73 Å². The lowest BCUT2D eigenvalue weighted by atomic mass is 10.1. The SMILES string of the molecule is CC(C)Br.CC(C)On1c(=O)c(-c2ccccc2Cl)cc2cnc(Nc3ccccc3)nc21.O=c1c(-c2ccccc2Cl)cc2cnc(Nc3ccccc3)nc2n1O. The maximum atomic E-state index is 13.2. The summed E-state index contributed by atoms with van der Waals surface area (Å²) in [5.41, 5.74) is 3.08. The third-order valence-corrected chi connectivity index (χ3v) is 8.79. The molecule has 0 bridgehead atoms. The number of benzene rings is 4. The van der Waals surface area contributed by atoms with E-state index < -0.39 is 5.56 Å². The minimum atomic E-state index is -0.602. The standard InChI is InChI=1S/C22H19ClN4O2.C19H13ClN4O2.C3H7Br/c1-14(2)29-27-20-15(12-18(21(27)28)17-10-6-7-11-19(17)23)13-24-22(26-20)25-16-8-4-3-5-9-16;20-16-9-5-4-8-14(16)15-10-12-11-21-19(22-13-6-2-1-3-7-13)23-17(12)24(26)18(15)25;1-3(2)4/h3-14H,1-2H3,(H,24,25,26);1-11,26H,(H,21,22,23);3H,1-2H3. The van der Waals surface area contributed by atoms with Crippen molar-refractivity contribution in [3.8, 4) is 22.3 Å². The molecule has 4 aromatic heterocycles. The maximum absolute atomic E-state index is 13.2. The van der Waals surface area contributed by atoms with Crippen LogP contribution in [0, 0.1) is 0 Å². The zero-order valence-corrected chi connectivity index (χ0v) is 35.4. The zero-order valence-electron chi connectivity index (χ0n) is 32.3. The highest BCUT2D eigenvalue weighted by atomic mass is 79.9. The second-order valence-electron chi connectivity index (χ2n) is 13.4. The Kier molecular flexibility index (Phi) is 14.0. The van der Waals surface area contributed by atoms with E-state index in [1.54, 1.807) is 60.9 Å². The molecule has 0 fully saturated rings. The molecular formula is C44H39BrCl2N8O4. The summed E-state index contributed by atoms with van der Waals surface area (Å²) in [6, 6.07) is 36.5. The van der Waals surface area contributed by atoms with Gasteiger partial charge in [0.25, 0.3) is 11.1 Å². The third kappa shape index (κ3) is 10.6. The molecule has 0 aliphatic rings. The summed E-state index contributed by atoms with van der Waals surface area (Å²) in [5, 5.41) is 18.6. The van der Waals surface area contributed by atoms with E-state index in [0.29, 0.717) is 58.7 Å². The van der Waals surface area contributed by atoms with Gasteiger partial charge in [-0.05, 0) is 62.4 Å². The highest BCUT2D eigenvalue weighted by Crippen LogP contribution is 2.29. The zero-order chi connectivity index (χ0) is 42.1. The van der Waals surface area contributed by atoms with Crippen molar-refractivity contribution < 1.29 is 10.0 Å². The predicted molar refractivity (Wildman–Crippen MR) is 241 cm³/mol. The molecule has 0 aliphatic heterocycles. The highest BCUT2D eigenvalue weighted by molar-refractivity contribution is 9.09. The molecule has 300 valence electrons. The number of hydrogen-bond donors (Lipinski definition) is 3. The first kappa shape index (κ1) is 42.3. The fraction of sp³-hybridized carbons (Fsp3) is 0.136. The first-order valence-corrected chi connectivity index (χ1v) is 20.1. The Hall–Kier alpha value is -6.28. The molecule has 4 heterocycles. The summed E-state index contributed by atoms with van der Waals surface area (Å²) in [4.78, 5) is 49.7. The Morgan fingerprint density at radius 1 is 0.610 bits per heavy atom. The number of alkyl halides is 1. The molecule has 0 saturated carbocycles. The first-order chi connectivity index (χ1) is 28.4. The van der Waals surface area contributed by atoms with Crippen LogP contribution in [0.4, 0.5) is 23.3 Å². The Bertz CT molecular complexity index is 2820. The van der Waals surface area contributed by atoms with Crippen molar-refractivity contribution in [3.63, 3.8) is 0 Å². The summed E-state index contributed by atoms with van der Waals surface area (Å²) in [6.07, 6.45) is 2.98. The Morgan fingerprint density at radius 3 is 1.47 bits per heavy atom. The fourth-order valence-corrected chi connectivity index (χ4v) is 6.10. The number of aromatic nitrogens is 6. The second kappa shape index (κ2) is 19.4. The summed E-state index contributed by atoms with van der Waals surface area (Å²) in [7, 11) is 0. The minimum Gasteiger partial charge on any atom is -0.423 e. The lowest BCUT2D eigenvalue weighted by Crippen LogP contribution is -2.32. The summed E-state index contributed by atoms with van der Waals surface area (Å²) < 4.78 is 1.74. The molecule has 0 amide bonds. The lowest BCUT2D eigenvalue weighted by Gasteiger charge is -2.16. The van der Waals surface area contributed by atoms with E-state index in [4.69, 9.17) is 28.0 Å². The van der Waals surface area contributed by atoms with Gasteiger partial charge in [0.1, 0.15) is 6.10 Å². The van der Waals surface area contributed by atoms with Gasteiger partial charge in [-0.3, -0.25) is 9.59 Å². The molecule has 0 saturated heterocycles. The van der Waals surface area contributed by atoms with Crippen molar-refractivity contribution in [3.05, 3.63) is 164 Å². The Morgan fingerprint density at radius 2 is 1.02 bits per heavy atom. The Labute approximate surface area is 358 Å². The first-order valence-electron chi connectivity index (χ1n) is 18.4. The van der Waals surface area contributed by atoms with Crippen LogP contribution in [0.5, 0.6) is 0 Å². The van der Waals surface area contributed by atoms with Crippen LogP contribution >= 0.6 is 39.1 Å². The van der Waals surface area contributed by atoms with Crippen molar-refractivity contribution >= 4 is 84.5 Å². The molecule has 12 nitrogen and oxygen atoms in total. The molecule has 0 aliphatic carbocycles. The van der Waals surface area contributed by atoms with Gasteiger partial charge in [0.15, 0.2) is 11.3 Å². The molecule has 15 heteroatoms. The molecule has 0 unspecified atom stereocenters. The van der Waals surface area contributed by atoms with Crippen molar-refractivity contribution in [2.45, 2.75) is 38.6 Å². The Balaban J connectivity index is 0.000000183. The van der Waals surface area contributed by atoms with Crippen LogP contribution in [-0.2, 0) is 0 Å². The molecule has 8 rings (SSSR count). The molecule has 0 atom stereocenters. The van der Waals surface area contributed by atoms with E-state index in [0.717, 1.165) is 11.4 Å². The van der Waals surface area contributed by atoms with Gasteiger partial charge in [0.05, 0.1) is 11.1 Å². The third-order valence-electron chi connectivity index (χ3n) is 8.13. The van der Waals surface area contributed by atoms with E-state index in [-0.39, 0.29) is 28.8 Å². The van der Waals surface area contributed by atoms with Gasteiger partial charge in [0, 0.05) is 60.5 Å². The molecule has 4 aromatic carbocycles. The lowest BCUT2D eigenvalue weighted by molar-refractivity contribution is 0.0609. The molecule has 59 heavy (non-hydrogen) atoms. The second-order valence-corrected chi connectivity index (χ2v) is 16.0. The van der Waals surface area contributed by atoms with Crippen LogP contribution in [0.2, 0.25) is 10.0 Å². The van der Waals surface area contributed by atoms with Gasteiger partial charge in [0.2, 0.25) is 11.9 Å². The minimum absolute atomic E-state index is 0.110. The van der Waals surface area contributed by atoms with E-state index in [1.807, 2.05) is 86.6 Å². The average molecular weight is 895 g/mol. The van der Waals surface area contributed by atoms with E-state index >= 15 is 0 Å². The summed E-state index contributed by atoms with van der Waals surface area (Å²) >= 11 is 15.8. The van der Waals surface area contributed by atoms with E-state index in [2.05, 4.69) is 60.3 Å². The van der Waals surface area contributed by atoms with Crippen LogP contribution in [-0.4, -0.2) is 45.5 Å². The fourth-order valence-electron chi connectivity index (χ4n) is 5.63. The monoisotopic (exact) mass is 892 g/mol. The van der Waals surface area contributed by atoms with Crippen molar-refractivity contribution in [1.29, 1.82) is 0 Å². The van der Waals surface area contributed by atoms with Gasteiger partial charge >= 0.3 is 0 Å². The normalized spacial score (nSPS) is 10.8. The number of rotatable bonds is 8. The van der Waals surface area contributed by atoms with E-state index in [9.17, 15) is 14.8 Å². The smallest absolute Gasteiger partial charge is 0.293 e. The van der Waals surface area contributed by atoms with Gasteiger partial charge in [-0.25, -0.2) is 9.97 Å². The predicted octanol–water partition coefficient (Wildman–Crippen LogP) is 10.6. The number of anilines is 4. The van der Waals surface area contributed by atoms with Crippen molar-refractivity contribution in [1.82, 2.24) is 29.4 Å². The highest BCUT2D eigenvalue weighted by Gasteiger charge is 2.18. The van der Waals surface area contributed by atoms with Gasteiger partial charge in [-0.15, -0.1) is 9.46 Å². The van der Waals surface area contributed by atoms with Crippen LogP contribution in [0.1, 0.15) is 27.7 Å². The average Bonchev–Trinajstić information content (AvgIpc) is 3.22. The molecule has 0 radical (unpaired) electrons. The number of nitrogens with zero attached hydrogens (tertiary/aromatic N) is 6. The molecular weight excluding hydrogens is 855 g/mol. The van der Waals surface area contributed by atoms with Crippen LogP contribution in [0.3, 0.4) is 0 Å². The van der Waals surface area contributed by atoms with Gasteiger partial charge < -0.3 is 20.7 Å². The molecule has 0 spiro atoms. The number of hydrogen-bond acceptors (Lipinski definition) is 10. The topological polar surface area (TPSA) is 149 Å². The van der Waals surface area contributed by atoms with Crippen LogP contribution < -0.4 is 26.6 Å². The molecule has 3 N–H and O–H groups in total. The number of fused-ring (bicyclic) bond motifs is 2. The van der Waals surface area contributed by atoms with Crippen molar-refractivity contribution in [2.24, 2.45) is 0 Å². The van der Waals surface area contributed by atoms with Crippen molar-refractivity contribution in [2.75, 3.05) is 10.6 Å². The quantitative estimate of drug-likeness (QED) is 0.0994. The number of para-hydroxylation sites is 2. The number of nitrogens with one attached hydrogen (secondary N) is 2. The van der Waals surface area contributed by atoms with Gasteiger partial charge in [-0.1, -0.05) is 126 Å². The number of pyridine rings is 2. The van der Waals surface area contributed by atoms with Crippen LogP contribution in [0.25, 0.3) is 44.3 Å². The van der Waals surface area contributed by atoms with Gasteiger partial charge in [-0.2, -0.15) is 9.97 Å². The summed E-state index contributed by atoms with van der Waals surface area (Å²) in [5.74, 6) is 0.645. The largest absolute Gasteiger partial charge is 0.423 e. The maximum Gasteiger partial charge on any atom is 0.293 e.